The molecule has 0 bridgehead atoms. The van der Waals surface area contributed by atoms with Crippen LogP contribution in [-0.2, 0) is 24.0 Å². The van der Waals surface area contributed by atoms with Crippen molar-refractivity contribution in [3.63, 3.8) is 0 Å². The molecular formula is C31H51N5O10. The zero-order valence-corrected chi connectivity index (χ0v) is 27.2. The molecule has 8 atom stereocenters. The Morgan fingerprint density at radius 1 is 0.739 bits per heavy atom. The molecule has 46 heavy (non-hydrogen) atoms. The van der Waals surface area contributed by atoms with Crippen LogP contribution in [0.3, 0.4) is 0 Å². The highest BCUT2D eigenvalue weighted by Crippen LogP contribution is 2.18. The molecule has 0 aromatic heterocycles. The summed E-state index contributed by atoms with van der Waals surface area (Å²) in [5.41, 5.74) is 6.33. The summed E-state index contributed by atoms with van der Waals surface area (Å²) in [5, 5.41) is 60.9. The van der Waals surface area contributed by atoms with Crippen molar-refractivity contribution in [2.24, 2.45) is 23.5 Å². The van der Waals surface area contributed by atoms with Crippen LogP contribution in [0.1, 0.15) is 66.0 Å². The van der Waals surface area contributed by atoms with Crippen LogP contribution >= 0.6 is 0 Å². The Morgan fingerprint density at radius 2 is 1.33 bits per heavy atom. The van der Waals surface area contributed by atoms with E-state index in [2.05, 4.69) is 21.3 Å². The molecular weight excluding hydrogens is 602 g/mol. The molecule has 0 aliphatic carbocycles. The van der Waals surface area contributed by atoms with E-state index in [1.54, 1.807) is 71.9 Å². The molecule has 260 valence electrons. The van der Waals surface area contributed by atoms with Gasteiger partial charge in [0.1, 0.15) is 24.3 Å². The van der Waals surface area contributed by atoms with Gasteiger partial charge in [0.15, 0.2) is 6.10 Å². The topological polar surface area (TPSA) is 261 Å². The van der Waals surface area contributed by atoms with Gasteiger partial charge < -0.3 is 52.5 Å². The molecule has 1 aromatic carbocycles. The van der Waals surface area contributed by atoms with Gasteiger partial charge in [-0.25, -0.2) is 0 Å². The largest absolute Gasteiger partial charge is 0.481 e. The van der Waals surface area contributed by atoms with Crippen LogP contribution < -0.4 is 27.0 Å². The van der Waals surface area contributed by atoms with Crippen molar-refractivity contribution < 1.29 is 49.5 Å². The van der Waals surface area contributed by atoms with Crippen molar-refractivity contribution in [1.29, 1.82) is 0 Å². The number of aliphatic hydroxyl groups is 4. The van der Waals surface area contributed by atoms with Gasteiger partial charge in [-0.1, -0.05) is 71.9 Å². The molecule has 0 saturated heterocycles. The summed E-state index contributed by atoms with van der Waals surface area (Å²) in [6, 6.07) is 2.30. The average Bonchev–Trinajstić information content (AvgIpc) is 2.99. The molecule has 0 aliphatic heterocycles. The van der Waals surface area contributed by atoms with E-state index in [9.17, 15) is 49.5 Å². The summed E-state index contributed by atoms with van der Waals surface area (Å²) in [6.07, 6.45) is -6.98. The predicted octanol–water partition coefficient (Wildman–Crippen LogP) is -1.47. The Balaban J connectivity index is 3.05. The number of hydrogen-bond donors (Lipinski definition) is 10. The summed E-state index contributed by atoms with van der Waals surface area (Å²) in [5.74, 6) is -5.16. The van der Waals surface area contributed by atoms with Crippen LogP contribution in [0.25, 0.3) is 0 Å². The molecule has 15 heteroatoms. The Kier molecular flexibility index (Phi) is 16.8. The molecule has 1 rings (SSSR count). The number of aliphatic hydroxyl groups excluding tert-OH is 4. The number of hydrogen-bond acceptors (Lipinski definition) is 10. The van der Waals surface area contributed by atoms with Gasteiger partial charge in [0.2, 0.25) is 17.7 Å². The lowest BCUT2D eigenvalue weighted by molar-refractivity contribution is -0.145. The first-order chi connectivity index (χ1) is 21.4. The van der Waals surface area contributed by atoms with E-state index in [4.69, 9.17) is 5.73 Å². The Morgan fingerprint density at radius 3 is 1.80 bits per heavy atom. The number of carbonyl (C=O) groups excluding carboxylic acids is 4. The van der Waals surface area contributed by atoms with E-state index in [0.717, 1.165) is 0 Å². The van der Waals surface area contributed by atoms with Crippen LogP contribution in [0.4, 0.5) is 0 Å². The fraction of sp³-hybridized carbons (Fsp3) is 0.645. The molecule has 0 unspecified atom stereocenters. The standard InChI is InChI=1S/C31H51N5O10/c1-15(2)12-20(34-30(45)24(17(5)6)36-29(44)23(32)16(3)4)28(43)35-21(14-37)25(40)26(41)27(42)31(46)33-19(13-22(38)39)18-10-8-7-9-11-18/h7-11,15-17,19-21,23-27,37,40-42H,12-14,32H2,1-6H3,(H,33,46)(H,34,45)(H,35,43)(H,36,44)(H,38,39)/t19-,20-,21-,23-,24-,25+,26+,27-/m0/s1. The van der Waals surface area contributed by atoms with Gasteiger partial charge in [-0.05, 0) is 29.7 Å². The highest BCUT2D eigenvalue weighted by atomic mass is 16.4. The minimum Gasteiger partial charge on any atom is -0.481 e. The number of carboxylic acid groups (broad SMARTS) is 1. The monoisotopic (exact) mass is 653 g/mol. The SMILES string of the molecule is CC(C)C[C@H](NC(=O)[C@@H](NC(=O)[C@@H](N)C(C)C)C(C)C)C(=O)N[C@@H](CO)[C@@H](O)[C@@H](O)[C@H](O)C(=O)N[C@@H](CC(=O)O)c1ccccc1. The summed E-state index contributed by atoms with van der Waals surface area (Å²) in [4.78, 5) is 63.2. The molecule has 0 aliphatic rings. The third kappa shape index (κ3) is 12.6. The van der Waals surface area contributed by atoms with Crippen molar-refractivity contribution in [2.75, 3.05) is 6.61 Å². The lowest BCUT2D eigenvalue weighted by atomic mass is 9.97. The molecule has 0 saturated carbocycles. The molecule has 1 aromatic rings. The van der Waals surface area contributed by atoms with Crippen LogP contribution in [0.2, 0.25) is 0 Å². The van der Waals surface area contributed by atoms with Crippen LogP contribution in [0.5, 0.6) is 0 Å². The fourth-order valence-electron chi connectivity index (χ4n) is 4.52. The second-order valence-electron chi connectivity index (χ2n) is 12.5. The molecule has 0 heterocycles. The maximum absolute atomic E-state index is 13.3. The number of aliphatic carboxylic acids is 1. The predicted molar refractivity (Wildman–Crippen MR) is 168 cm³/mol. The number of carboxylic acids is 1. The molecule has 0 radical (unpaired) electrons. The second-order valence-corrected chi connectivity index (χ2v) is 12.5. The number of carbonyl (C=O) groups is 5. The van der Waals surface area contributed by atoms with Crippen molar-refractivity contribution in [3.05, 3.63) is 35.9 Å². The minimum absolute atomic E-state index is 0.116. The molecule has 4 amide bonds. The van der Waals surface area contributed by atoms with Gasteiger partial charge in [-0.15, -0.1) is 0 Å². The number of rotatable bonds is 19. The van der Waals surface area contributed by atoms with Gasteiger partial charge in [-0.3, -0.25) is 24.0 Å². The average molecular weight is 654 g/mol. The fourth-order valence-corrected chi connectivity index (χ4v) is 4.52. The van der Waals surface area contributed by atoms with Crippen LogP contribution in [0.15, 0.2) is 30.3 Å². The third-order valence-electron chi connectivity index (χ3n) is 7.38. The lowest BCUT2D eigenvalue weighted by Gasteiger charge is -2.31. The van der Waals surface area contributed by atoms with E-state index in [0.29, 0.717) is 5.56 Å². The molecule has 15 nitrogen and oxygen atoms in total. The van der Waals surface area contributed by atoms with E-state index >= 15 is 0 Å². The van der Waals surface area contributed by atoms with Crippen LogP contribution in [0, 0.1) is 17.8 Å². The van der Waals surface area contributed by atoms with E-state index in [-0.39, 0.29) is 24.2 Å². The lowest BCUT2D eigenvalue weighted by Crippen LogP contribution is -2.61. The second kappa shape index (κ2) is 19.1. The molecule has 11 N–H and O–H groups in total. The summed E-state index contributed by atoms with van der Waals surface area (Å²) in [6.45, 7) is 9.57. The van der Waals surface area contributed by atoms with Crippen LogP contribution in [-0.4, -0.2) is 104 Å². The Labute approximate surface area is 269 Å². The van der Waals surface area contributed by atoms with Gasteiger partial charge in [0.05, 0.1) is 31.2 Å². The summed E-state index contributed by atoms with van der Waals surface area (Å²) < 4.78 is 0. The maximum atomic E-state index is 13.3. The molecule has 0 fully saturated rings. The van der Waals surface area contributed by atoms with Crippen molar-refractivity contribution >= 4 is 29.6 Å². The van der Waals surface area contributed by atoms with Gasteiger partial charge in [-0.2, -0.15) is 0 Å². The zero-order chi connectivity index (χ0) is 35.3. The number of benzene rings is 1. The minimum atomic E-state index is -2.28. The normalized spacial score (nSPS) is 16.8. The van der Waals surface area contributed by atoms with Gasteiger partial charge >= 0.3 is 5.97 Å². The van der Waals surface area contributed by atoms with Crippen molar-refractivity contribution in [3.8, 4) is 0 Å². The maximum Gasteiger partial charge on any atom is 0.305 e. The highest BCUT2D eigenvalue weighted by Gasteiger charge is 2.38. The van der Waals surface area contributed by atoms with Crippen molar-refractivity contribution in [2.45, 2.75) is 103 Å². The highest BCUT2D eigenvalue weighted by molar-refractivity contribution is 5.93. The quantitative estimate of drug-likeness (QED) is 0.0824. The number of nitrogens with two attached hydrogens (primary N) is 1. The first-order valence-electron chi connectivity index (χ1n) is 15.3. The number of nitrogens with one attached hydrogen (secondary N) is 4. The summed E-state index contributed by atoms with van der Waals surface area (Å²) in [7, 11) is 0. The Hall–Kier alpha value is -3.63. The van der Waals surface area contributed by atoms with Gasteiger partial charge in [0.25, 0.3) is 5.91 Å². The number of amides is 4. The van der Waals surface area contributed by atoms with E-state index < -0.39 is 91.1 Å². The van der Waals surface area contributed by atoms with Crippen molar-refractivity contribution in [1.82, 2.24) is 21.3 Å². The molecule has 0 spiro atoms. The Bertz CT molecular complexity index is 1150. The zero-order valence-electron chi connectivity index (χ0n) is 27.2. The third-order valence-corrected chi connectivity index (χ3v) is 7.38. The van der Waals surface area contributed by atoms with E-state index in [1.165, 1.54) is 0 Å². The van der Waals surface area contributed by atoms with Gasteiger partial charge in [0, 0.05) is 0 Å². The summed E-state index contributed by atoms with van der Waals surface area (Å²) >= 11 is 0. The first-order valence-corrected chi connectivity index (χ1v) is 15.3. The van der Waals surface area contributed by atoms with E-state index in [1.807, 2.05) is 0 Å². The smallest absolute Gasteiger partial charge is 0.305 e. The first kappa shape index (κ1) is 40.4.